The molecule has 0 amide bonds. The SMILES string of the molecule is Oc1ccc2c(c1)CCN(CCc1ccc(C3=CC=C(C(F)(F)F)CC3)o1)CC2. The number of rotatable bonds is 4. The van der Waals surface area contributed by atoms with Gasteiger partial charge in [-0.25, -0.2) is 0 Å². The molecule has 6 heteroatoms. The third-order valence-corrected chi connectivity index (χ3v) is 5.75. The van der Waals surface area contributed by atoms with Crippen molar-refractivity contribution >= 4 is 5.57 Å². The van der Waals surface area contributed by atoms with Crippen LogP contribution in [-0.4, -0.2) is 35.8 Å². The van der Waals surface area contributed by atoms with Gasteiger partial charge in [0, 0.05) is 31.6 Å². The molecule has 0 saturated heterocycles. The maximum absolute atomic E-state index is 12.7. The third kappa shape index (κ3) is 4.75. The Balaban J connectivity index is 1.34. The van der Waals surface area contributed by atoms with Gasteiger partial charge in [0.25, 0.3) is 0 Å². The van der Waals surface area contributed by atoms with Crippen LogP contribution in [0, 0.1) is 0 Å². The van der Waals surface area contributed by atoms with Crippen LogP contribution in [-0.2, 0) is 19.3 Å². The van der Waals surface area contributed by atoms with Gasteiger partial charge in [-0.05, 0) is 66.6 Å². The van der Waals surface area contributed by atoms with Crippen LogP contribution in [0.5, 0.6) is 5.75 Å². The molecule has 0 spiro atoms. The van der Waals surface area contributed by atoms with Gasteiger partial charge in [0.1, 0.15) is 17.3 Å². The first-order chi connectivity index (χ1) is 13.9. The van der Waals surface area contributed by atoms with E-state index >= 15 is 0 Å². The monoisotopic (exact) mass is 403 g/mol. The summed E-state index contributed by atoms with van der Waals surface area (Å²) < 4.78 is 44.2. The number of benzene rings is 1. The highest BCUT2D eigenvalue weighted by Crippen LogP contribution is 2.36. The zero-order chi connectivity index (χ0) is 20.4. The Bertz CT molecular complexity index is 940. The molecule has 2 aliphatic rings. The molecule has 1 N–H and O–H groups in total. The minimum atomic E-state index is -4.25. The number of hydrogen-bond donors (Lipinski definition) is 1. The molecule has 1 aliphatic carbocycles. The molecule has 0 radical (unpaired) electrons. The summed E-state index contributed by atoms with van der Waals surface area (Å²) in [5.74, 6) is 1.83. The summed E-state index contributed by atoms with van der Waals surface area (Å²) in [5, 5.41) is 9.67. The summed E-state index contributed by atoms with van der Waals surface area (Å²) in [6.07, 6.45) is 1.41. The highest BCUT2D eigenvalue weighted by molar-refractivity contribution is 5.65. The molecular formula is C23H24F3NO2. The molecule has 0 bridgehead atoms. The number of furan rings is 1. The number of halogens is 3. The Morgan fingerprint density at radius 2 is 1.72 bits per heavy atom. The van der Waals surface area contributed by atoms with Crippen LogP contribution in [0.2, 0.25) is 0 Å². The lowest BCUT2D eigenvalue weighted by molar-refractivity contribution is -0.0939. The first-order valence-electron chi connectivity index (χ1n) is 9.97. The molecule has 0 unspecified atom stereocenters. The number of nitrogens with zero attached hydrogens (tertiary/aromatic N) is 1. The van der Waals surface area contributed by atoms with Crippen LogP contribution in [0.3, 0.4) is 0 Å². The van der Waals surface area contributed by atoms with Crippen molar-refractivity contribution in [3.05, 3.63) is 70.7 Å². The number of hydrogen-bond acceptors (Lipinski definition) is 3. The summed E-state index contributed by atoms with van der Waals surface area (Å²) in [6.45, 7) is 2.76. The van der Waals surface area contributed by atoms with E-state index in [0.717, 1.165) is 56.3 Å². The quantitative estimate of drug-likeness (QED) is 0.753. The Labute approximate surface area is 168 Å². The smallest absolute Gasteiger partial charge is 0.412 e. The number of phenols is 1. The van der Waals surface area contributed by atoms with Crippen LogP contribution in [0.4, 0.5) is 13.2 Å². The summed E-state index contributed by atoms with van der Waals surface area (Å²) in [7, 11) is 0. The van der Waals surface area contributed by atoms with E-state index in [-0.39, 0.29) is 6.42 Å². The van der Waals surface area contributed by atoms with Crippen molar-refractivity contribution in [2.75, 3.05) is 19.6 Å². The maximum atomic E-state index is 12.7. The van der Waals surface area contributed by atoms with Crippen LogP contribution in [0.15, 0.2) is 52.5 Å². The fourth-order valence-electron chi connectivity index (χ4n) is 4.01. The Hall–Kier alpha value is -2.47. The molecule has 2 heterocycles. The second-order valence-corrected chi connectivity index (χ2v) is 7.69. The van der Waals surface area contributed by atoms with Gasteiger partial charge in [0.05, 0.1) is 0 Å². The number of aromatic hydroxyl groups is 1. The highest BCUT2D eigenvalue weighted by atomic mass is 19.4. The predicted octanol–water partition coefficient (Wildman–Crippen LogP) is 5.29. The molecule has 0 saturated carbocycles. The molecule has 2 aromatic rings. The third-order valence-electron chi connectivity index (χ3n) is 5.75. The van der Waals surface area contributed by atoms with Crippen LogP contribution in [0.1, 0.15) is 35.5 Å². The average Bonchev–Trinajstić information content (AvgIpc) is 3.08. The lowest BCUT2D eigenvalue weighted by atomic mass is 9.96. The first kappa shape index (κ1) is 19.8. The number of fused-ring (bicyclic) bond motifs is 1. The lowest BCUT2D eigenvalue weighted by Gasteiger charge is -2.19. The molecule has 3 nitrogen and oxygen atoms in total. The van der Waals surface area contributed by atoms with E-state index in [4.69, 9.17) is 4.42 Å². The molecule has 1 aliphatic heterocycles. The van der Waals surface area contributed by atoms with Gasteiger partial charge in [-0.1, -0.05) is 18.2 Å². The van der Waals surface area contributed by atoms with Crippen molar-refractivity contribution in [1.82, 2.24) is 4.90 Å². The zero-order valence-corrected chi connectivity index (χ0v) is 16.1. The van der Waals surface area contributed by atoms with E-state index in [2.05, 4.69) is 4.90 Å². The van der Waals surface area contributed by atoms with Gasteiger partial charge < -0.3 is 14.4 Å². The molecule has 29 heavy (non-hydrogen) atoms. The lowest BCUT2D eigenvalue weighted by Crippen LogP contribution is -2.28. The number of alkyl halides is 3. The van der Waals surface area contributed by atoms with Gasteiger partial charge in [0.15, 0.2) is 0 Å². The van der Waals surface area contributed by atoms with Crippen molar-refractivity contribution in [2.45, 2.75) is 38.3 Å². The molecule has 154 valence electrons. The van der Waals surface area contributed by atoms with Gasteiger partial charge in [-0.2, -0.15) is 13.2 Å². The van der Waals surface area contributed by atoms with E-state index in [9.17, 15) is 18.3 Å². The van der Waals surface area contributed by atoms with Gasteiger partial charge in [-0.3, -0.25) is 0 Å². The van der Waals surface area contributed by atoms with Gasteiger partial charge in [0.2, 0.25) is 0 Å². The Morgan fingerprint density at radius 3 is 2.45 bits per heavy atom. The van der Waals surface area contributed by atoms with Crippen molar-refractivity contribution in [1.29, 1.82) is 0 Å². The summed E-state index contributed by atoms with van der Waals surface area (Å²) in [4.78, 5) is 2.39. The second-order valence-electron chi connectivity index (χ2n) is 7.69. The van der Waals surface area contributed by atoms with Crippen molar-refractivity contribution in [3.63, 3.8) is 0 Å². The number of phenolic OH excluding ortho intramolecular Hbond substituents is 1. The minimum absolute atomic E-state index is 0.00470. The van der Waals surface area contributed by atoms with E-state index in [0.29, 0.717) is 17.9 Å². The van der Waals surface area contributed by atoms with Crippen molar-refractivity contribution in [3.8, 4) is 5.75 Å². The predicted molar refractivity (Wildman–Crippen MR) is 106 cm³/mol. The van der Waals surface area contributed by atoms with Crippen LogP contribution in [0.25, 0.3) is 5.57 Å². The number of allylic oxidation sites excluding steroid dienone is 4. The normalized spacial score (nSPS) is 18.0. The summed E-state index contributed by atoms with van der Waals surface area (Å²) in [6, 6.07) is 9.38. The Kier molecular flexibility index (Phi) is 5.54. The molecule has 0 atom stereocenters. The average molecular weight is 403 g/mol. The minimum Gasteiger partial charge on any atom is -0.508 e. The largest absolute Gasteiger partial charge is 0.508 e. The molecule has 1 aromatic carbocycles. The maximum Gasteiger partial charge on any atom is 0.412 e. The fraction of sp³-hybridized carbons (Fsp3) is 0.391. The molecule has 1 aromatic heterocycles. The Morgan fingerprint density at radius 1 is 0.931 bits per heavy atom. The molecule has 4 rings (SSSR count). The van der Waals surface area contributed by atoms with Crippen LogP contribution >= 0.6 is 0 Å². The van der Waals surface area contributed by atoms with Gasteiger partial charge in [-0.15, -0.1) is 0 Å². The van der Waals surface area contributed by atoms with E-state index in [1.165, 1.54) is 17.2 Å². The second kappa shape index (κ2) is 8.11. The molecule has 0 fully saturated rings. The van der Waals surface area contributed by atoms with Crippen molar-refractivity contribution < 1.29 is 22.7 Å². The van der Waals surface area contributed by atoms with E-state index in [1.54, 1.807) is 6.07 Å². The van der Waals surface area contributed by atoms with Gasteiger partial charge >= 0.3 is 6.18 Å². The standard InChI is InChI=1S/C23H24F3NO2/c24-23(25,26)19-4-1-17(2-5-19)22-8-7-21(29-22)11-14-27-12-9-16-3-6-20(28)15-18(16)10-13-27/h1,3-4,6-8,15,28H,2,5,9-14H2. The van der Waals surface area contributed by atoms with E-state index in [1.807, 2.05) is 24.3 Å². The molecular weight excluding hydrogens is 379 g/mol. The van der Waals surface area contributed by atoms with Crippen molar-refractivity contribution in [2.24, 2.45) is 0 Å². The highest BCUT2D eigenvalue weighted by Gasteiger charge is 2.34. The summed E-state index contributed by atoms with van der Waals surface area (Å²) in [5.41, 5.74) is 2.84. The van der Waals surface area contributed by atoms with Crippen LogP contribution < -0.4 is 0 Å². The first-order valence-corrected chi connectivity index (χ1v) is 9.97. The fourth-order valence-corrected chi connectivity index (χ4v) is 4.01. The van der Waals surface area contributed by atoms with E-state index < -0.39 is 11.7 Å². The zero-order valence-electron chi connectivity index (χ0n) is 16.1. The topological polar surface area (TPSA) is 36.6 Å². The summed E-state index contributed by atoms with van der Waals surface area (Å²) >= 11 is 0.